The minimum atomic E-state index is -3.79. The first-order valence-corrected chi connectivity index (χ1v) is 13.1. The van der Waals surface area contributed by atoms with Gasteiger partial charge >= 0.3 is 5.97 Å². The second-order valence-electron chi connectivity index (χ2n) is 8.30. The van der Waals surface area contributed by atoms with Gasteiger partial charge in [0.25, 0.3) is 0 Å². The van der Waals surface area contributed by atoms with E-state index in [-0.39, 0.29) is 23.6 Å². The van der Waals surface area contributed by atoms with Gasteiger partial charge in [-0.3, -0.25) is 9.59 Å². The number of unbranched alkanes of at least 4 members (excludes halogenated alkanes) is 2. The molecule has 0 aromatic heterocycles. The van der Waals surface area contributed by atoms with Crippen LogP contribution in [0.25, 0.3) is 10.8 Å². The van der Waals surface area contributed by atoms with E-state index < -0.39 is 27.5 Å². The molecule has 1 N–H and O–H groups in total. The lowest BCUT2D eigenvalue weighted by Crippen LogP contribution is -2.40. The SMILES string of the molecule is CCCCCN(CCCOC)C(=O)C(CCC(=O)O)CS(=O)(=O)c1ccc2ccccc2c1. The fourth-order valence-electron chi connectivity index (χ4n) is 3.84. The van der Waals surface area contributed by atoms with Crippen LogP contribution in [-0.4, -0.2) is 62.9 Å². The standard InChI is InChI=1S/C25H35NO6S/c1-3-4-7-15-26(16-8-17-32-2)25(29)22(12-14-24(27)28)19-33(30,31)23-13-11-20-9-5-6-10-21(20)18-23/h5-6,9-11,13,18,22H,3-4,7-8,12,14-17,19H2,1-2H3,(H,27,28). The van der Waals surface area contributed by atoms with E-state index in [1.807, 2.05) is 24.3 Å². The number of carbonyl (C=O) groups is 2. The molecule has 33 heavy (non-hydrogen) atoms. The fraction of sp³-hybridized carbons (Fsp3) is 0.520. The molecule has 8 heteroatoms. The topological polar surface area (TPSA) is 101 Å². The normalized spacial score (nSPS) is 12.5. The summed E-state index contributed by atoms with van der Waals surface area (Å²) in [6, 6.07) is 12.4. The molecule has 2 rings (SSSR count). The van der Waals surface area contributed by atoms with Crippen LogP contribution in [0.5, 0.6) is 0 Å². The third-order valence-corrected chi connectivity index (χ3v) is 7.49. The molecule has 0 saturated heterocycles. The minimum absolute atomic E-state index is 0.0183. The molecule has 0 saturated carbocycles. The predicted octanol–water partition coefficient (Wildman–Crippen LogP) is 4.15. The fourth-order valence-corrected chi connectivity index (χ4v) is 5.45. The highest BCUT2D eigenvalue weighted by atomic mass is 32.2. The zero-order valence-electron chi connectivity index (χ0n) is 19.5. The number of carbonyl (C=O) groups excluding carboxylic acids is 1. The van der Waals surface area contributed by atoms with Crippen molar-refractivity contribution in [2.75, 3.05) is 32.6 Å². The number of aliphatic carboxylic acids is 1. The van der Waals surface area contributed by atoms with E-state index in [0.717, 1.165) is 30.0 Å². The lowest BCUT2D eigenvalue weighted by molar-refractivity contribution is -0.138. The first-order chi connectivity index (χ1) is 15.8. The number of rotatable bonds is 15. The number of amides is 1. The summed E-state index contributed by atoms with van der Waals surface area (Å²) >= 11 is 0. The molecule has 0 aliphatic rings. The Morgan fingerprint density at radius 2 is 1.73 bits per heavy atom. The molecule has 1 atom stereocenters. The highest BCUT2D eigenvalue weighted by Gasteiger charge is 2.30. The average molecular weight is 478 g/mol. The van der Waals surface area contributed by atoms with Crippen LogP contribution in [0.2, 0.25) is 0 Å². The van der Waals surface area contributed by atoms with Crippen molar-refractivity contribution in [3.63, 3.8) is 0 Å². The Hall–Kier alpha value is -2.45. The van der Waals surface area contributed by atoms with Crippen LogP contribution in [0.4, 0.5) is 0 Å². The number of fused-ring (bicyclic) bond motifs is 1. The number of carboxylic acid groups (broad SMARTS) is 1. The van der Waals surface area contributed by atoms with Crippen LogP contribution >= 0.6 is 0 Å². The van der Waals surface area contributed by atoms with Crippen molar-refractivity contribution in [3.05, 3.63) is 42.5 Å². The van der Waals surface area contributed by atoms with Crippen molar-refractivity contribution in [3.8, 4) is 0 Å². The Morgan fingerprint density at radius 1 is 1.03 bits per heavy atom. The van der Waals surface area contributed by atoms with Gasteiger partial charge in [-0.2, -0.15) is 0 Å². The number of benzene rings is 2. The molecule has 0 aliphatic heterocycles. The van der Waals surface area contributed by atoms with Crippen LogP contribution in [0.3, 0.4) is 0 Å². The number of methoxy groups -OCH3 is 1. The maximum Gasteiger partial charge on any atom is 0.303 e. The molecule has 0 aliphatic carbocycles. The molecule has 0 heterocycles. The summed E-state index contributed by atoms with van der Waals surface area (Å²) in [6.07, 6.45) is 3.14. The molecule has 2 aromatic carbocycles. The second-order valence-corrected chi connectivity index (χ2v) is 10.3. The minimum Gasteiger partial charge on any atom is -0.481 e. The van der Waals surface area contributed by atoms with Crippen molar-refractivity contribution in [1.29, 1.82) is 0 Å². The Balaban J connectivity index is 2.27. The Labute approximate surface area is 196 Å². The number of hydrogen-bond acceptors (Lipinski definition) is 5. The number of hydrogen-bond donors (Lipinski definition) is 1. The smallest absolute Gasteiger partial charge is 0.303 e. The Morgan fingerprint density at radius 3 is 2.39 bits per heavy atom. The number of nitrogens with zero attached hydrogens (tertiary/aromatic N) is 1. The zero-order chi connectivity index (χ0) is 24.3. The first kappa shape index (κ1) is 26.8. The van der Waals surface area contributed by atoms with E-state index in [0.29, 0.717) is 26.1 Å². The summed E-state index contributed by atoms with van der Waals surface area (Å²) in [5.74, 6) is -2.67. The van der Waals surface area contributed by atoms with E-state index >= 15 is 0 Å². The molecule has 0 bridgehead atoms. The van der Waals surface area contributed by atoms with Crippen molar-refractivity contribution in [1.82, 2.24) is 4.90 Å². The molecule has 1 amide bonds. The molecule has 2 aromatic rings. The van der Waals surface area contributed by atoms with E-state index in [1.54, 1.807) is 30.2 Å². The third kappa shape index (κ3) is 8.44. The second kappa shape index (κ2) is 13.3. The van der Waals surface area contributed by atoms with Crippen LogP contribution in [0.1, 0.15) is 45.4 Å². The first-order valence-electron chi connectivity index (χ1n) is 11.5. The summed E-state index contributed by atoms with van der Waals surface area (Å²) in [6.45, 7) is 3.54. The molecular formula is C25H35NO6S. The molecule has 1 unspecified atom stereocenters. The summed E-state index contributed by atoms with van der Waals surface area (Å²) in [5, 5.41) is 10.9. The van der Waals surface area contributed by atoms with E-state index in [9.17, 15) is 23.1 Å². The highest BCUT2D eigenvalue weighted by Crippen LogP contribution is 2.24. The number of ether oxygens (including phenoxy) is 1. The molecule has 7 nitrogen and oxygen atoms in total. The summed E-state index contributed by atoms with van der Waals surface area (Å²) in [7, 11) is -2.20. The van der Waals surface area contributed by atoms with Gasteiger partial charge in [0.2, 0.25) is 5.91 Å². The van der Waals surface area contributed by atoms with Gasteiger partial charge < -0.3 is 14.7 Å². The predicted molar refractivity (Wildman–Crippen MR) is 129 cm³/mol. The highest BCUT2D eigenvalue weighted by molar-refractivity contribution is 7.91. The lowest BCUT2D eigenvalue weighted by Gasteiger charge is -2.27. The summed E-state index contributed by atoms with van der Waals surface area (Å²) in [4.78, 5) is 26.4. The Bertz CT molecular complexity index is 1010. The van der Waals surface area contributed by atoms with Gasteiger partial charge in [-0.25, -0.2) is 8.42 Å². The third-order valence-electron chi connectivity index (χ3n) is 5.68. The zero-order valence-corrected chi connectivity index (χ0v) is 20.4. The van der Waals surface area contributed by atoms with Gasteiger partial charge in [-0.05, 0) is 42.2 Å². The summed E-state index contributed by atoms with van der Waals surface area (Å²) < 4.78 is 31.6. The quantitative estimate of drug-likeness (QED) is 0.387. The summed E-state index contributed by atoms with van der Waals surface area (Å²) in [5.41, 5.74) is 0. The largest absolute Gasteiger partial charge is 0.481 e. The van der Waals surface area contributed by atoms with Crippen molar-refractivity contribution < 1.29 is 27.9 Å². The van der Waals surface area contributed by atoms with E-state index in [4.69, 9.17) is 4.74 Å². The van der Waals surface area contributed by atoms with Crippen molar-refractivity contribution in [2.24, 2.45) is 5.92 Å². The molecule has 0 fully saturated rings. The van der Waals surface area contributed by atoms with E-state index in [2.05, 4.69) is 6.92 Å². The van der Waals surface area contributed by atoms with Crippen LogP contribution < -0.4 is 0 Å². The van der Waals surface area contributed by atoms with Crippen LogP contribution in [-0.2, 0) is 24.2 Å². The van der Waals surface area contributed by atoms with Gasteiger partial charge in [0, 0.05) is 33.2 Å². The van der Waals surface area contributed by atoms with Crippen molar-refractivity contribution >= 4 is 32.5 Å². The number of sulfone groups is 1. The number of carboxylic acids is 1. The Kier molecular flexibility index (Phi) is 10.8. The van der Waals surface area contributed by atoms with E-state index in [1.165, 1.54) is 0 Å². The molecular weight excluding hydrogens is 442 g/mol. The maximum absolute atomic E-state index is 13.4. The van der Waals surface area contributed by atoms with Gasteiger partial charge in [0.15, 0.2) is 9.84 Å². The van der Waals surface area contributed by atoms with Gasteiger partial charge in [-0.15, -0.1) is 0 Å². The molecule has 0 radical (unpaired) electrons. The van der Waals surface area contributed by atoms with Gasteiger partial charge in [-0.1, -0.05) is 50.1 Å². The van der Waals surface area contributed by atoms with Gasteiger partial charge in [0.05, 0.1) is 16.6 Å². The maximum atomic E-state index is 13.4. The molecule has 182 valence electrons. The van der Waals surface area contributed by atoms with Crippen molar-refractivity contribution in [2.45, 2.75) is 50.3 Å². The monoisotopic (exact) mass is 477 g/mol. The molecule has 0 spiro atoms. The van der Waals surface area contributed by atoms with Gasteiger partial charge in [0.1, 0.15) is 0 Å². The lowest BCUT2D eigenvalue weighted by atomic mass is 10.0. The van der Waals surface area contributed by atoms with Crippen LogP contribution in [0.15, 0.2) is 47.4 Å². The average Bonchev–Trinajstić information content (AvgIpc) is 2.80. The van der Waals surface area contributed by atoms with Crippen LogP contribution in [0, 0.1) is 5.92 Å².